The average Bonchev–Trinajstić information content (AvgIpc) is 2.54. The van der Waals surface area contributed by atoms with Gasteiger partial charge in [0.15, 0.2) is 0 Å². The summed E-state index contributed by atoms with van der Waals surface area (Å²) in [5, 5.41) is 0. The van der Waals surface area contributed by atoms with Crippen molar-refractivity contribution in [1.82, 2.24) is 4.72 Å². The minimum atomic E-state index is -4.31. The molecule has 2 rings (SSSR count). The van der Waals surface area contributed by atoms with E-state index < -0.39 is 15.5 Å². The first kappa shape index (κ1) is 20.4. The standard InChI is InChI=1S/C16H22F3NO3S2/c1-2-25(21,22)20-15-6-4-3-5-12(15)11-23-13-7-9-14(10-8-13)24-16(17,18)19/h7-10,12,15,20H,2-6,11H2,1H3. The second-order valence-electron chi connectivity index (χ2n) is 6.00. The molecule has 0 radical (unpaired) electrons. The average molecular weight is 397 g/mol. The topological polar surface area (TPSA) is 55.4 Å². The van der Waals surface area contributed by atoms with E-state index in [1.807, 2.05) is 0 Å². The van der Waals surface area contributed by atoms with E-state index >= 15 is 0 Å². The molecule has 9 heteroatoms. The van der Waals surface area contributed by atoms with Gasteiger partial charge < -0.3 is 4.74 Å². The van der Waals surface area contributed by atoms with Crippen LogP contribution in [0.2, 0.25) is 0 Å². The zero-order valence-electron chi connectivity index (χ0n) is 13.9. The lowest BCUT2D eigenvalue weighted by molar-refractivity contribution is -0.0328. The van der Waals surface area contributed by atoms with Gasteiger partial charge in [-0.15, -0.1) is 0 Å². The second kappa shape index (κ2) is 8.64. The molecule has 0 bridgehead atoms. The van der Waals surface area contributed by atoms with Crippen LogP contribution in [0.4, 0.5) is 13.2 Å². The summed E-state index contributed by atoms with van der Waals surface area (Å²) in [6.45, 7) is 1.93. The largest absolute Gasteiger partial charge is 0.493 e. The predicted molar refractivity (Wildman–Crippen MR) is 92.2 cm³/mol. The first-order valence-corrected chi connectivity index (χ1v) is 10.6. The third-order valence-electron chi connectivity index (χ3n) is 4.14. The van der Waals surface area contributed by atoms with Gasteiger partial charge in [0.05, 0.1) is 12.4 Å². The summed E-state index contributed by atoms with van der Waals surface area (Å²) in [5.41, 5.74) is -4.31. The molecule has 0 aliphatic heterocycles. The lowest BCUT2D eigenvalue weighted by Gasteiger charge is -2.31. The number of halogens is 3. The van der Waals surface area contributed by atoms with Crippen molar-refractivity contribution in [3.05, 3.63) is 24.3 Å². The molecule has 4 nitrogen and oxygen atoms in total. The van der Waals surface area contributed by atoms with Crippen molar-refractivity contribution in [3.63, 3.8) is 0 Å². The number of sulfonamides is 1. The van der Waals surface area contributed by atoms with Crippen molar-refractivity contribution < 1.29 is 26.3 Å². The Kier molecular flexibility index (Phi) is 7.04. The fraction of sp³-hybridized carbons (Fsp3) is 0.625. The molecular formula is C16H22F3NO3S2. The summed E-state index contributed by atoms with van der Waals surface area (Å²) >= 11 is -0.167. The zero-order chi connectivity index (χ0) is 18.5. The Morgan fingerprint density at radius 2 is 1.84 bits per heavy atom. The van der Waals surface area contributed by atoms with Gasteiger partial charge in [0.25, 0.3) is 0 Å². The van der Waals surface area contributed by atoms with Crippen molar-refractivity contribution in [2.75, 3.05) is 12.4 Å². The molecule has 1 aromatic carbocycles. The van der Waals surface area contributed by atoms with Crippen LogP contribution < -0.4 is 9.46 Å². The number of alkyl halides is 3. The fourth-order valence-electron chi connectivity index (χ4n) is 2.82. The van der Waals surface area contributed by atoms with Crippen molar-refractivity contribution in [3.8, 4) is 5.75 Å². The molecule has 2 unspecified atom stereocenters. The molecule has 0 spiro atoms. The summed E-state index contributed by atoms with van der Waals surface area (Å²) in [6.07, 6.45) is 3.61. The third-order valence-corrected chi connectivity index (χ3v) is 6.30. The van der Waals surface area contributed by atoms with E-state index in [2.05, 4.69) is 4.72 Å². The van der Waals surface area contributed by atoms with Crippen LogP contribution in [0.1, 0.15) is 32.6 Å². The van der Waals surface area contributed by atoms with Crippen LogP contribution in [0.5, 0.6) is 5.75 Å². The summed E-state index contributed by atoms with van der Waals surface area (Å²) in [5.74, 6) is 0.573. The van der Waals surface area contributed by atoms with Crippen LogP contribution in [0.3, 0.4) is 0 Å². The molecular weight excluding hydrogens is 375 g/mol. The number of rotatable bonds is 7. The Bertz CT molecular complexity index is 648. The van der Waals surface area contributed by atoms with E-state index in [-0.39, 0.29) is 34.4 Å². The van der Waals surface area contributed by atoms with E-state index in [1.165, 1.54) is 24.3 Å². The van der Waals surface area contributed by atoms with Crippen LogP contribution in [-0.4, -0.2) is 32.3 Å². The minimum absolute atomic E-state index is 0.0371. The Balaban J connectivity index is 1.92. The van der Waals surface area contributed by atoms with Gasteiger partial charge in [-0.1, -0.05) is 12.8 Å². The van der Waals surface area contributed by atoms with Gasteiger partial charge in [-0.3, -0.25) is 0 Å². The number of ether oxygens (including phenoxy) is 1. The maximum atomic E-state index is 12.3. The molecule has 0 saturated heterocycles. The van der Waals surface area contributed by atoms with E-state index in [1.54, 1.807) is 6.92 Å². The summed E-state index contributed by atoms with van der Waals surface area (Å²) in [4.78, 5) is 0.103. The van der Waals surface area contributed by atoms with Gasteiger partial charge in [0.2, 0.25) is 10.0 Å². The lowest BCUT2D eigenvalue weighted by Crippen LogP contribution is -2.44. The van der Waals surface area contributed by atoms with Gasteiger partial charge in [-0.25, -0.2) is 13.1 Å². The summed E-state index contributed by atoms with van der Waals surface area (Å²) in [7, 11) is -3.27. The number of hydrogen-bond donors (Lipinski definition) is 1. The molecule has 142 valence electrons. The van der Waals surface area contributed by atoms with Crippen molar-refractivity contribution in [2.24, 2.45) is 5.92 Å². The van der Waals surface area contributed by atoms with Gasteiger partial charge in [0.1, 0.15) is 5.75 Å². The maximum absolute atomic E-state index is 12.3. The number of nitrogens with one attached hydrogen (secondary N) is 1. The molecule has 1 aromatic rings. The van der Waals surface area contributed by atoms with Crippen LogP contribution in [0.15, 0.2) is 29.2 Å². The van der Waals surface area contributed by atoms with Crippen LogP contribution >= 0.6 is 11.8 Å². The van der Waals surface area contributed by atoms with Crippen LogP contribution in [-0.2, 0) is 10.0 Å². The fourth-order valence-corrected chi connectivity index (χ4v) is 4.29. The van der Waals surface area contributed by atoms with Crippen LogP contribution in [0.25, 0.3) is 0 Å². The van der Waals surface area contributed by atoms with E-state index in [4.69, 9.17) is 4.74 Å². The monoisotopic (exact) mass is 397 g/mol. The second-order valence-corrected chi connectivity index (χ2v) is 9.18. The van der Waals surface area contributed by atoms with Gasteiger partial charge >= 0.3 is 5.51 Å². The first-order chi connectivity index (χ1) is 11.7. The first-order valence-electron chi connectivity index (χ1n) is 8.17. The highest BCUT2D eigenvalue weighted by Gasteiger charge is 2.30. The molecule has 0 heterocycles. The Morgan fingerprint density at radius 1 is 1.20 bits per heavy atom. The number of benzene rings is 1. The lowest BCUT2D eigenvalue weighted by atomic mass is 9.86. The molecule has 1 saturated carbocycles. The molecule has 25 heavy (non-hydrogen) atoms. The SMILES string of the molecule is CCS(=O)(=O)NC1CCCCC1COc1ccc(SC(F)(F)F)cc1. The number of hydrogen-bond acceptors (Lipinski definition) is 4. The van der Waals surface area contributed by atoms with Gasteiger partial charge in [0, 0.05) is 16.9 Å². The van der Waals surface area contributed by atoms with E-state index in [9.17, 15) is 21.6 Å². The Morgan fingerprint density at radius 3 is 2.44 bits per heavy atom. The third kappa shape index (κ3) is 7.07. The van der Waals surface area contributed by atoms with Crippen molar-refractivity contribution in [1.29, 1.82) is 0 Å². The van der Waals surface area contributed by atoms with Crippen molar-refractivity contribution in [2.45, 2.75) is 49.1 Å². The molecule has 1 fully saturated rings. The summed E-state index contributed by atoms with van der Waals surface area (Å²) < 4.78 is 68.9. The quantitative estimate of drug-likeness (QED) is 0.702. The highest BCUT2D eigenvalue weighted by atomic mass is 32.2. The smallest absolute Gasteiger partial charge is 0.446 e. The Hall–Kier alpha value is -0.930. The minimum Gasteiger partial charge on any atom is -0.493 e. The molecule has 0 aromatic heterocycles. The maximum Gasteiger partial charge on any atom is 0.446 e. The molecule has 0 amide bonds. The molecule has 1 aliphatic rings. The predicted octanol–water partition coefficient (Wildman–Crippen LogP) is 4.18. The van der Waals surface area contributed by atoms with Gasteiger partial charge in [-0.2, -0.15) is 13.2 Å². The van der Waals surface area contributed by atoms with E-state index in [0.29, 0.717) is 12.4 Å². The van der Waals surface area contributed by atoms with E-state index in [0.717, 1.165) is 25.7 Å². The normalized spacial score (nSPS) is 21.9. The Labute approximate surface area is 150 Å². The molecule has 1 aliphatic carbocycles. The zero-order valence-corrected chi connectivity index (χ0v) is 15.5. The van der Waals surface area contributed by atoms with Gasteiger partial charge in [-0.05, 0) is 55.8 Å². The highest BCUT2D eigenvalue weighted by molar-refractivity contribution is 8.00. The van der Waals surface area contributed by atoms with Crippen molar-refractivity contribution >= 4 is 21.8 Å². The van der Waals surface area contributed by atoms with Crippen LogP contribution in [0, 0.1) is 5.92 Å². The summed E-state index contributed by atoms with van der Waals surface area (Å²) in [6, 6.07) is 5.58. The number of thioether (sulfide) groups is 1. The molecule has 2 atom stereocenters. The highest BCUT2D eigenvalue weighted by Crippen LogP contribution is 2.37. The molecule has 1 N–H and O–H groups in total.